The molecular formula is C24H18Cl2N6O4S. The van der Waals surface area contributed by atoms with Gasteiger partial charge in [-0.15, -0.1) is 10.2 Å². The van der Waals surface area contributed by atoms with Crippen molar-refractivity contribution in [1.29, 1.82) is 0 Å². The Morgan fingerprint density at radius 2 is 1.86 bits per heavy atom. The van der Waals surface area contributed by atoms with Crippen molar-refractivity contribution in [3.8, 4) is 22.8 Å². The Kier molecular flexibility index (Phi) is 8.39. The number of hydrazone groups is 1. The number of nitro benzene ring substituents is 1. The van der Waals surface area contributed by atoms with Crippen LogP contribution >= 0.6 is 35.0 Å². The molecule has 37 heavy (non-hydrogen) atoms. The first-order valence-corrected chi connectivity index (χ1v) is 12.3. The summed E-state index contributed by atoms with van der Waals surface area (Å²) < 4.78 is 7.06. The third-order valence-electron chi connectivity index (χ3n) is 4.97. The molecule has 0 unspecified atom stereocenters. The van der Waals surface area contributed by atoms with Crippen LogP contribution in [0.4, 0.5) is 5.69 Å². The summed E-state index contributed by atoms with van der Waals surface area (Å²) in [6.45, 7) is 0. The van der Waals surface area contributed by atoms with Gasteiger partial charge in [0.1, 0.15) is 10.8 Å². The van der Waals surface area contributed by atoms with E-state index in [0.29, 0.717) is 27.3 Å². The molecule has 3 aromatic carbocycles. The maximum atomic E-state index is 12.4. The van der Waals surface area contributed by atoms with E-state index in [9.17, 15) is 14.9 Å². The van der Waals surface area contributed by atoms with Gasteiger partial charge in [0.05, 0.1) is 24.0 Å². The number of benzene rings is 3. The maximum Gasteiger partial charge on any atom is 0.288 e. The molecule has 4 rings (SSSR count). The van der Waals surface area contributed by atoms with Crippen LogP contribution in [0, 0.1) is 10.1 Å². The molecule has 0 aliphatic heterocycles. The zero-order chi connectivity index (χ0) is 26.4. The summed E-state index contributed by atoms with van der Waals surface area (Å²) in [7, 11) is 1.59. The predicted molar refractivity (Wildman–Crippen MR) is 143 cm³/mol. The number of amides is 1. The zero-order valence-electron chi connectivity index (χ0n) is 19.2. The van der Waals surface area contributed by atoms with E-state index in [2.05, 4.69) is 20.7 Å². The highest BCUT2D eigenvalue weighted by molar-refractivity contribution is 7.99. The van der Waals surface area contributed by atoms with E-state index in [4.69, 9.17) is 27.9 Å². The first kappa shape index (κ1) is 26.1. The Morgan fingerprint density at radius 1 is 1.14 bits per heavy atom. The van der Waals surface area contributed by atoms with Crippen molar-refractivity contribution in [1.82, 2.24) is 20.2 Å². The van der Waals surface area contributed by atoms with E-state index in [1.54, 1.807) is 25.3 Å². The second-order valence-electron chi connectivity index (χ2n) is 7.40. The molecule has 0 spiro atoms. The smallest absolute Gasteiger partial charge is 0.288 e. The first-order chi connectivity index (χ1) is 17.9. The highest BCUT2D eigenvalue weighted by Crippen LogP contribution is 2.29. The van der Waals surface area contributed by atoms with Crippen molar-refractivity contribution in [2.24, 2.45) is 5.10 Å². The summed E-state index contributed by atoms with van der Waals surface area (Å²) in [6.07, 6.45) is 1.30. The number of aromatic nitrogens is 3. The number of rotatable bonds is 9. The lowest BCUT2D eigenvalue weighted by molar-refractivity contribution is -0.384. The maximum absolute atomic E-state index is 12.4. The van der Waals surface area contributed by atoms with E-state index >= 15 is 0 Å². The van der Waals surface area contributed by atoms with Gasteiger partial charge in [0, 0.05) is 27.9 Å². The molecule has 0 radical (unpaired) electrons. The molecule has 1 heterocycles. The van der Waals surface area contributed by atoms with Gasteiger partial charge in [-0.3, -0.25) is 19.5 Å². The normalized spacial score (nSPS) is 11.0. The van der Waals surface area contributed by atoms with E-state index in [1.807, 2.05) is 41.0 Å². The third kappa shape index (κ3) is 6.45. The summed E-state index contributed by atoms with van der Waals surface area (Å²) in [4.78, 5) is 22.8. The fraction of sp³-hybridized carbons (Fsp3) is 0.0833. The highest BCUT2D eigenvalue weighted by atomic mass is 35.5. The van der Waals surface area contributed by atoms with Crippen molar-refractivity contribution in [2.75, 3.05) is 12.9 Å². The lowest BCUT2D eigenvalue weighted by Gasteiger charge is -2.11. The summed E-state index contributed by atoms with van der Waals surface area (Å²) >= 11 is 13.0. The van der Waals surface area contributed by atoms with Crippen LogP contribution < -0.4 is 10.2 Å². The average Bonchev–Trinajstić information content (AvgIpc) is 3.32. The number of hydrogen-bond donors (Lipinski definition) is 1. The number of nitro groups is 1. The number of methoxy groups -OCH3 is 1. The number of thioether (sulfide) groups is 1. The summed E-state index contributed by atoms with van der Waals surface area (Å²) in [5.74, 6) is 0.879. The number of halogens is 2. The van der Waals surface area contributed by atoms with E-state index in [1.165, 1.54) is 30.1 Å². The van der Waals surface area contributed by atoms with Crippen molar-refractivity contribution in [3.63, 3.8) is 0 Å². The number of carbonyl (C=O) groups is 1. The first-order valence-electron chi connectivity index (χ1n) is 10.6. The van der Waals surface area contributed by atoms with Crippen molar-refractivity contribution in [2.45, 2.75) is 5.16 Å². The van der Waals surface area contributed by atoms with Crippen molar-refractivity contribution in [3.05, 3.63) is 92.5 Å². The molecule has 13 heteroatoms. The molecule has 0 bridgehead atoms. The molecule has 4 aromatic rings. The van der Waals surface area contributed by atoms with Crippen LogP contribution in [0.25, 0.3) is 17.1 Å². The lowest BCUT2D eigenvalue weighted by atomic mass is 10.2. The van der Waals surface area contributed by atoms with Gasteiger partial charge in [-0.2, -0.15) is 5.10 Å². The minimum Gasteiger partial charge on any atom is -0.497 e. The number of hydrogen-bond acceptors (Lipinski definition) is 8. The standard InChI is InChI=1S/C24H18Cl2N6O4S/c1-36-19-9-3-16(4-10-19)23-29-30-24(31(23)18-7-5-17(25)6-8-18)37-14-22(33)28-27-13-15-2-11-20(26)21(12-15)32(34)35/h2-13H,14H2,1H3,(H,28,33)/b27-13+. The van der Waals surface area contributed by atoms with Gasteiger partial charge in [0.25, 0.3) is 11.6 Å². The number of carbonyl (C=O) groups excluding carboxylic acids is 1. The van der Waals surface area contributed by atoms with Gasteiger partial charge in [0.2, 0.25) is 0 Å². The van der Waals surface area contributed by atoms with Crippen LogP contribution in [0.3, 0.4) is 0 Å². The van der Waals surface area contributed by atoms with Crippen LogP contribution in [-0.2, 0) is 4.79 Å². The molecule has 10 nitrogen and oxygen atoms in total. The van der Waals surface area contributed by atoms with Crippen molar-refractivity contribution >= 4 is 52.8 Å². The Morgan fingerprint density at radius 3 is 2.54 bits per heavy atom. The predicted octanol–water partition coefficient (Wildman–Crippen LogP) is 5.40. The summed E-state index contributed by atoms with van der Waals surface area (Å²) in [6, 6.07) is 18.8. The van der Waals surface area contributed by atoms with E-state index < -0.39 is 10.8 Å². The molecule has 1 N–H and O–H groups in total. The van der Waals surface area contributed by atoms with Gasteiger partial charge in [0.15, 0.2) is 11.0 Å². The van der Waals surface area contributed by atoms with Crippen LogP contribution in [0.15, 0.2) is 77.0 Å². The van der Waals surface area contributed by atoms with Crippen LogP contribution in [0.1, 0.15) is 5.56 Å². The van der Waals surface area contributed by atoms with Gasteiger partial charge < -0.3 is 4.74 Å². The average molecular weight is 557 g/mol. The molecule has 0 aliphatic carbocycles. The lowest BCUT2D eigenvalue weighted by Crippen LogP contribution is -2.20. The van der Waals surface area contributed by atoms with Crippen LogP contribution in [0.2, 0.25) is 10.0 Å². The Labute approximate surface area is 225 Å². The van der Waals surface area contributed by atoms with E-state index in [-0.39, 0.29) is 16.5 Å². The zero-order valence-corrected chi connectivity index (χ0v) is 21.5. The molecule has 0 aliphatic rings. The number of ether oxygens (including phenoxy) is 1. The molecule has 1 aromatic heterocycles. The molecule has 0 fully saturated rings. The van der Waals surface area contributed by atoms with Crippen molar-refractivity contribution < 1.29 is 14.5 Å². The molecular weight excluding hydrogens is 539 g/mol. The van der Waals surface area contributed by atoms with Gasteiger partial charge in [-0.05, 0) is 54.6 Å². The minimum absolute atomic E-state index is 0.00750. The minimum atomic E-state index is -0.591. The van der Waals surface area contributed by atoms with Gasteiger partial charge >= 0.3 is 0 Å². The fourth-order valence-electron chi connectivity index (χ4n) is 3.20. The van der Waals surface area contributed by atoms with Gasteiger partial charge in [-0.1, -0.05) is 41.0 Å². The largest absolute Gasteiger partial charge is 0.497 e. The molecule has 188 valence electrons. The Balaban J connectivity index is 1.49. The summed E-state index contributed by atoms with van der Waals surface area (Å²) in [5.41, 5.74) is 4.14. The Hall–Kier alpha value is -3.93. The van der Waals surface area contributed by atoms with E-state index in [0.717, 1.165) is 11.3 Å². The monoisotopic (exact) mass is 556 g/mol. The third-order valence-corrected chi connectivity index (χ3v) is 6.47. The second-order valence-corrected chi connectivity index (χ2v) is 9.18. The quantitative estimate of drug-likeness (QED) is 0.126. The van der Waals surface area contributed by atoms with Gasteiger partial charge in [-0.25, -0.2) is 5.43 Å². The summed E-state index contributed by atoms with van der Waals surface area (Å²) in [5, 5.41) is 24.6. The van der Waals surface area contributed by atoms with Crippen LogP contribution in [0.5, 0.6) is 5.75 Å². The molecule has 1 amide bonds. The SMILES string of the molecule is COc1ccc(-c2nnc(SCC(=O)N/N=C/c3ccc(Cl)c([N+](=O)[O-])c3)n2-c2ccc(Cl)cc2)cc1. The van der Waals surface area contributed by atoms with Crippen LogP contribution in [-0.4, -0.2) is 44.7 Å². The Bertz CT molecular complexity index is 1460. The topological polar surface area (TPSA) is 125 Å². The highest BCUT2D eigenvalue weighted by Gasteiger charge is 2.18. The fourth-order valence-corrected chi connectivity index (χ4v) is 4.26. The molecule has 0 atom stereocenters. The second kappa shape index (κ2) is 11.9. The molecule has 0 saturated carbocycles. The number of nitrogens with zero attached hydrogens (tertiary/aromatic N) is 5. The number of nitrogens with one attached hydrogen (secondary N) is 1. The molecule has 0 saturated heterocycles.